The molecule has 2 aliphatic heterocycles. The van der Waals surface area contributed by atoms with Gasteiger partial charge in [-0.1, -0.05) is 32.0 Å². The first-order chi connectivity index (χ1) is 19.1. The maximum atomic E-state index is 13.3. The highest BCUT2D eigenvalue weighted by Crippen LogP contribution is 2.44. The van der Waals surface area contributed by atoms with Gasteiger partial charge in [0.15, 0.2) is 0 Å². The van der Waals surface area contributed by atoms with Crippen molar-refractivity contribution in [2.75, 3.05) is 11.5 Å². The van der Waals surface area contributed by atoms with Gasteiger partial charge in [0.2, 0.25) is 5.91 Å². The number of esters is 2. The Bertz CT molecular complexity index is 1330. The van der Waals surface area contributed by atoms with Gasteiger partial charge in [-0.05, 0) is 36.2 Å². The summed E-state index contributed by atoms with van der Waals surface area (Å²) in [6.07, 6.45) is 2.09. The molecule has 3 unspecified atom stereocenters. The van der Waals surface area contributed by atoms with Crippen LogP contribution in [0.5, 0.6) is 0 Å². The number of hydrogen-bond donors (Lipinski definition) is 0. The maximum absolute atomic E-state index is 13.3. The van der Waals surface area contributed by atoms with E-state index >= 15 is 0 Å². The molecule has 0 spiro atoms. The molecule has 210 valence electrons. The number of non-ortho nitro benzene ring substituents is 1. The number of amides is 2. The first-order valence-electron chi connectivity index (χ1n) is 12.7. The van der Waals surface area contributed by atoms with Crippen LogP contribution in [0.15, 0.2) is 66.4 Å². The van der Waals surface area contributed by atoms with E-state index in [4.69, 9.17) is 9.47 Å². The number of rotatable bonds is 10. The molecule has 0 bridgehead atoms. The Balaban J connectivity index is 1.56. The zero-order chi connectivity index (χ0) is 29.0. The van der Waals surface area contributed by atoms with Crippen molar-refractivity contribution in [2.24, 2.45) is 5.92 Å². The predicted octanol–water partition coefficient (Wildman–Crippen LogP) is 3.82. The van der Waals surface area contributed by atoms with Crippen LogP contribution in [0.1, 0.15) is 32.8 Å². The lowest BCUT2D eigenvalue weighted by Gasteiger charge is -2.52. The van der Waals surface area contributed by atoms with Gasteiger partial charge in [0.05, 0.1) is 10.8 Å². The molecule has 0 aromatic heterocycles. The van der Waals surface area contributed by atoms with Crippen molar-refractivity contribution in [2.45, 2.75) is 50.5 Å². The van der Waals surface area contributed by atoms with Gasteiger partial charge in [-0.3, -0.25) is 34.2 Å². The second-order valence-electron chi connectivity index (χ2n) is 9.47. The predicted molar refractivity (Wildman–Crippen MR) is 147 cm³/mol. The summed E-state index contributed by atoms with van der Waals surface area (Å²) in [5, 5.41) is 9.43. The molecule has 4 atom stereocenters. The Hall–Kier alpha value is -4.19. The summed E-state index contributed by atoms with van der Waals surface area (Å²) >= 11 is 1.14. The third kappa shape index (κ3) is 6.01. The van der Waals surface area contributed by atoms with Crippen LogP contribution in [-0.4, -0.2) is 56.8 Å². The van der Waals surface area contributed by atoms with Crippen molar-refractivity contribution in [3.8, 4) is 0 Å². The van der Waals surface area contributed by atoms with Crippen molar-refractivity contribution >= 4 is 46.9 Å². The van der Waals surface area contributed by atoms with E-state index in [1.807, 2.05) is 6.92 Å². The fourth-order valence-electron chi connectivity index (χ4n) is 4.31. The van der Waals surface area contributed by atoms with Gasteiger partial charge in [0.1, 0.15) is 29.9 Å². The lowest BCUT2D eigenvalue weighted by molar-refractivity contribution is -0.384. The standard InChI is InChI=1S/C28H29N3O8S/c1-4-17(2)27(34)39-16-20-14-29-25(33)23(30(18(3)32)21-8-6-5-7-9-21)26(29)40-24(20)28(35)38-15-19-10-12-22(13-11-19)31(36)37/h5-14,17,23-24,26H,4,15-16H2,1-3H3/t17?,23?,24?,26-/m1/s1. The average Bonchev–Trinajstić information content (AvgIpc) is 2.96. The first-order valence-corrected chi connectivity index (χ1v) is 13.7. The van der Waals surface area contributed by atoms with Crippen molar-refractivity contribution in [1.29, 1.82) is 0 Å². The molecule has 2 amide bonds. The highest BCUT2D eigenvalue weighted by atomic mass is 32.2. The van der Waals surface area contributed by atoms with Crippen LogP contribution < -0.4 is 4.90 Å². The van der Waals surface area contributed by atoms with Gasteiger partial charge in [-0.15, -0.1) is 11.8 Å². The van der Waals surface area contributed by atoms with E-state index in [1.54, 1.807) is 37.3 Å². The number of nitro groups is 1. The molecule has 4 rings (SSSR count). The number of anilines is 1. The SMILES string of the molecule is CCC(C)C(=O)OCC1=CN2C(=O)C(N(C(C)=O)c3ccccc3)[C@H]2SC1C(=O)OCc1ccc([N+](=O)[O-])cc1. The number of hydrogen-bond acceptors (Lipinski definition) is 9. The summed E-state index contributed by atoms with van der Waals surface area (Å²) in [7, 11) is 0. The Morgan fingerprint density at radius 2 is 1.75 bits per heavy atom. The molecule has 1 fully saturated rings. The first kappa shape index (κ1) is 28.8. The molecule has 1 saturated heterocycles. The van der Waals surface area contributed by atoms with Crippen LogP contribution in [-0.2, 0) is 35.3 Å². The summed E-state index contributed by atoms with van der Waals surface area (Å²) in [4.78, 5) is 64.7. The van der Waals surface area contributed by atoms with Crippen LogP contribution >= 0.6 is 11.8 Å². The van der Waals surface area contributed by atoms with Gasteiger partial charge < -0.3 is 14.4 Å². The minimum absolute atomic E-state index is 0.0829. The summed E-state index contributed by atoms with van der Waals surface area (Å²) in [6, 6.07) is 13.6. The molecule has 0 radical (unpaired) electrons. The van der Waals surface area contributed by atoms with Crippen LogP contribution in [0.4, 0.5) is 11.4 Å². The van der Waals surface area contributed by atoms with Crippen LogP contribution in [0.2, 0.25) is 0 Å². The van der Waals surface area contributed by atoms with Crippen molar-refractivity contribution in [3.05, 3.63) is 82.0 Å². The number of β-lactam (4-membered cyclic amide) rings is 1. The van der Waals surface area contributed by atoms with Crippen LogP contribution in [0, 0.1) is 16.0 Å². The lowest BCUT2D eigenvalue weighted by Crippen LogP contribution is -2.70. The van der Waals surface area contributed by atoms with E-state index in [-0.39, 0.29) is 36.6 Å². The fourth-order valence-corrected chi connectivity index (χ4v) is 5.76. The smallest absolute Gasteiger partial charge is 0.323 e. The molecule has 0 saturated carbocycles. The van der Waals surface area contributed by atoms with Gasteiger partial charge >= 0.3 is 11.9 Å². The Kier molecular flexibility index (Phi) is 8.88. The molecule has 12 heteroatoms. The summed E-state index contributed by atoms with van der Waals surface area (Å²) in [6.45, 7) is 4.64. The Morgan fingerprint density at radius 1 is 1.07 bits per heavy atom. The maximum Gasteiger partial charge on any atom is 0.323 e. The zero-order valence-electron chi connectivity index (χ0n) is 22.2. The number of carbonyl (C=O) groups excluding carboxylic acids is 4. The largest absolute Gasteiger partial charge is 0.461 e. The van der Waals surface area contributed by atoms with Crippen LogP contribution in [0.3, 0.4) is 0 Å². The number of benzene rings is 2. The van der Waals surface area contributed by atoms with Crippen molar-refractivity contribution < 1.29 is 33.6 Å². The number of nitro benzene ring substituents is 1. The molecular formula is C28H29N3O8S. The van der Waals surface area contributed by atoms with Gasteiger partial charge in [-0.25, -0.2) is 0 Å². The number of nitrogens with zero attached hydrogens (tertiary/aromatic N) is 3. The Morgan fingerprint density at radius 3 is 2.35 bits per heavy atom. The molecule has 2 aromatic rings. The van der Waals surface area contributed by atoms with E-state index in [1.165, 1.54) is 47.2 Å². The number of fused-ring (bicyclic) bond motifs is 1. The van der Waals surface area contributed by atoms with E-state index in [9.17, 15) is 29.3 Å². The number of thioether (sulfide) groups is 1. The summed E-state index contributed by atoms with van der Waals surface area (Å²) in [5.41, 5.74) is 1.41. The molecule has 0 aliphatic carbocycles. The van der Waals surface area contributed by atoms with Crippen LogP contribution in [0.25, 0.3) is 0 Å². The monoisotopic (exact) mass is 567 g/mol. The van der Waals surface area contributed by atoms with Gasteiger partial charge in [0, 0.05) is 36.5 Å². The van der Waals surface area contributed by atoms with E-state index in [0.29, 0.717) is 23.2 Å². The number of carbonyl (C=O) groups is 4. The van der Waals surface area contributed by atoms with E-state index in [0.717, 1.165) is 11.8 Å². The normalized spacial score (nSPS) is 20.4. The Labute approximate surface area is 235 Å². The highest BCUT2D eigenvalue weighted by Gasteiger charge is 2.55. The number of para-hydroxylation sites is 1. The van der Waals surface area contributed by atoms with E-state index < -0.39 is 33.5 Å². The molecule has 2 heterocycles. The molecule has 2 aromatic carbocycles. The minimum Gasteiger partial charge on any atom is -0.461 e. The zero-order valence-corrected chi connectivity index (χ0v) is 23.0. The highest BCUT2D eigenvalue weighted by molar-refractivity contribution is 8.01. The number of ether oxygens (including phenoxy) is 2. The van der Waals surface area contributed by atoms with Crippen molar-refractivity contribution in [1.82, 2.24) is 4.90 Å². The second kappa shape index (κ2) is 12.3. The molecule has 2 aliphatic rings. The van der Waals surface area contributed by atoms with Crippen molar-refractivity contribution in [3.63, 3.8) is 0 Å². The van der Waals surface area contributed by atoms with E-state index in [2.05, 4.69) is 0 Å². The molecule has 11 nitrogen and oxygen atoms in total. The molecule has 0 N–H and O–H groups in total. The topological polar surface area (TPSA) is 136 Å². The average molecular weight is 568 g/mol. The minimum atomic E-state index is -0.913. The third-order valence-corrected chi connectivity index (χ3v) is 8.29. The molecular weight excluding hydrogens is 538 g/mol. The summed E-state index contributed by atoms with van der Waals surface area (Å²) in [5.74, 6) is -2.02. The third-order valence-electron chi connectivity index (χ3n) is 6.76. The quantitative estimate of drug-likeness (QED) is 0.182. The second-order valence-corrected chi connectivity index (χ2v) is 10.7. The van der Waals surface area contributed by atoms with Gasteiger partial charge in [0.25, 0.3) is 11.6 Å². The fraction of sp³-hybridized carbons (Fsp3) is 0.357. The van der Waals surface area contributed by atoms with Gasteiger partial charge in [-0.2, -0.15) is 0 Å². The lowest BCUT2D eigenvalue weighted by atomic mass is 10.0. The summed E-state index contributed by atoms with van der Waals surface area (Å²) < 4.78 is 11.0. The molecule has 40 heavy (non-hydrogen) atoms.